The van der Waals surface area contributed by atoms with E-state index in [1.54, 1.807) is 48.5 Å². The smallest absolute Gasteiger partial charge is 0.397 e. The van der Waals surface area contributed by atoms with Gasteiger partial charge in [-0.05, 0) is 42.7 Å². The number of alkyl halides is 3. The number of halogens is 3. The number of carbonyl (C=O) groups excluding carboxylic acids is 1. The summed E-state index contributed by atoms with van der Waals surface area (Å²) >= 11 is 0. The number of nitrogens with zero attached hydrogens (tertiary/aromatic N) is 2. The van der Waals surface area contributed by atoms with Crippen LogP contribution in [0.5, 0.6) is 5.88 Å². The zero-order valence-electron chi connectivity index (χ0n) is 19.5. The largest absolute Gasteiger partial charge is 0.477 e. The quantitative estimate of drug-likeness (QED) is 0.446. The van der Waals surface area contributed by atoms with E-state index in [0.717, 1.165) is 18.7 Å². The molecule has 0 spiro atoms. The van der Waals surface area contributed by atoms with E-state index in [4.69, 9.17) is 10.5 Å². The highest BCUT2D eigenvalue weighted by Gasteiger charge is 2.51. The summed E-state index contributed by atoms with van der Waals surface area (Å²) in [6.07, 6.45) is -0.539. The number of rotatable bonds is 7. The maximum atomic E-state index is 13.8. The summed E-state index contributed by atoms with van der Waals surface area (Å²) in [6.45, 7) is 1.41. The number of anilines is 2. The zero-order chi connectivity index (χ0) is 25.8. The molecule has 0 saturated carbocycles. The molecule has 0 aliphatic heterocycles. The second-order valence-corrected chi connectivity index (χ2v) is 8.68. The number of carbonyl (C=O) groups is 1. The number of pyridine rings is 2. The SMILES string of the molecule is CC1(C(F)(F)F)C=CC(c2ccccc2)=C(C(=O)Nc2ccc(OCCc3cccc(N)n3)nc2)C1. The van der Waals surface area contributed by atoms with Crippen molar-refractivity contribution in [3.8, 4) is 5.88 Å². The summed E-state index contributed by atoms with van der Waals surface area (Å²) in [4.78, 5) is 21.5. The van der Waals surface area contributed by atoms with Gasteiger partial charge in [-0.2, -0.15) is 13.2 Å². The maximum Gasteiger partial charge on any atom is 0.397 e. The minimum absolute atomic E-state index is 0.0542. The van der Waals surface area contributed by atoms with Gasteiger partial charge in [-0.15, -0.1) is 0 Å². The Bertz CT molecular complexity index is 1290. The molecule has 186 valence electrons. The Balaban J connectivity index is 1.47. The molecule has 6 nitrogen and oxygen atoms in total. The topological polar surface area (TPSA) is 90.1 Å². The summed E-state index contributed by atoms with van der Waals surface area (Å²) in [5, 5.41) is 2.68. The van der Waals surface area contributed by atoms with E-state index in [1.165, 1.54) is 12.3 Å². The Morgan fingerprint density at radius 3 is 2.56 bits per heavy atom. The van der Waals surface area contributed by atoms with E-state index in [1.807, 2.05) is 12.1 Å². The van der Waals surface area contributed by atoms with Crippen LogP contribution in [0.4, 0.5) is 24.7 Å². The van der Waals surface area contributed by atoms with Crippen LogP contribution in [0, 0.1) is 5.41 Å². The third-order valence-corrected chi connectivity index (χ3v) is 5.92. The van der Waals surface area contributed by atoms with Crippen LogP contribution in [0.25, 0.3) is 5.57 Å². The Hall–Kier alpha value is -4.14. The van der Waals surface area contributed by atoms with Crippen molar-refractivity contribution >= 4 is 23.0 Å². The van der Waals surface area contributed by atoms with Crippen LogP contribution in [0.15, 0.2) is 84.6 Å². The number of amides is 1. The Labute approximate surface area is 206 Å². The van der Waals surface area contributed by atoms with E-state index >= 15 is 0 Å². The molecule has 2 aromatic heterocycles. The lowest BCUT2D eigenvalue weighted by atomic mass is 9.75. The average molecular weight is 495 g/mol. The maximum absolute atomic E-state index is 13.8. The first-order valence-electron chi connectivity index (χ1n) is 11.3. The monoisotopic (exact) mass is 494 g/mol. The first-order valence-corrected chi connectivity index (χ1v) is 11.3. The van der Waals surface area contributed by atoms with Crippen LogP contribution < -0.4 is 15.8 Å². The number of benzene rings is 1. The van der Waals surface area contributed by atoms with E-state index in [2.05, 4.69) is 15.3 Å². The highest BCUT2D eigenvalue weighted by atomic mass is 19.4. The number of ether oxygens (including phenoxy) is 1. The molecular weight excluding hydrogens is 469 g/mol. The van der Waals surface area contributed by atoms with Crippen LogP contribution in [-0.2, 0) is 11.2 Å². The summed E-state index contributed by atoms with van der Waals surface area (Å²) in [5.41, 5.74) is 5.82. The standard InChI is InChI=1S/C27H25F3N4O2/c1-26(27(28,29)30)14-12-21(18-6-3-2-4-7-18)22(16-26)25(35)34-20-10-11-24(32-17-20)36-15-13-19-8-5-9-23(31)33-19/h2-12,14,17H,13,15-16H2,1H3,(H2,31,33)(H,34,35). The Kier molecular flexibility index (Phi) is 7.10. The fraction of sp³-hybridized carbons (Fsp3) is 0.222. The van der Waals surface area contributed by atoms with Crippen molar-refractivity contribution in [1.82, 2.24) is 9.97 Å². The number of hydrogen-bond acceptors (Lipinski definition) is 5. The van der Waals surface area contributed by atoms with Crippen LogP contribution in [0.2, 0.25) is 0 Å². The molecule has 4 rings (SSSR count). The normalized spacial score (nSPS) is 17.7. The van der Waals surface area contributed by atoms with Gasteiger partial charge >= 0.3 is 6.18 Å². The molecule has 3 N–H and O–H groups in total. The van der Waals surface area contributed by atoms with Gasteiger partial charge in [-0.1, -0.05) is 48.6 Å². The zero-order valence-corrected chi connectivity index (χ0v) is 19.5. The van der Waals surface area contributed by atoms with Crippen molar-refractivity contribution in [2.75, 3.05) is 17.7 Å². The molecule has 1 unspecified atom stereocenters. The molecular formula is C27H25F3N4O2. The Morgan fingerprint density at radius 2 is 1.89 bits per heavy atom. The third-order valence-electron chi connectivity index (χ3n) is 5.92. The fourth-order valence-electron chi connectivity index (χ4n) is 3.82. The molecule has 1 atom stereocenters. The molecule has 1 aromatic carbocycles. The van der Waals surface area contributed by atoms with E-state index in [9.17, 15) is 18.0 Å². The van der Waals surface area contributed by atoms with Gasteiger partial charge in [0.05, 0.1) is 23.9 Å². The molecule has 1 amide bonds. The van der Waals surface area contributed by atoms with Crippen molar-refractivity contribution in [1.29, 1.82) is 0 Å². The number of aromatic nitrogens is 2. The summed E-state index contributed by atoms with van der Waals surface area (Å²) < 4.78 is 46.9. The first kappa shape index (κ1) is 25.0. The molecule has 0 saturated heterocycles. The van der Waals surface area contributed by atoms with Gasteiger partial charge in [0.1, 0.15) is 5.82 Å². The van der Waals surface area contributed by atoms with Gasteiger partial charge in [0.2, 0.25) is 5.88 Å². The lowest BCUT2D eigenvalue weighted by Gasteiger charge is -2.33. The lowest BCUT2D eigenvalue weighted by molar-refractivity contribution is -0.199. The fourth-order valence-corrected chi connectivity index (χ4v) is 3.82. The predicted octanol–water partition coefficient (Wildman–Crippen LogP) is 5.60. The number of nitrogens with two attached hydrogens (primary N) is 1. The van der Waals surface area contributed by atoms with Gasteiger partial charge in [0.15, 0.2) is 0 Å². The molecule has 2 heterocycles. The van der Waals surface area contributed by atoms with Crippen LogP contribution in [0.3, 0.4) is 0 Å². The van der Waals surface area contributed by atoms with Crippen LogP contribution in [-0.4, -0.2) is 28.7 Å². The van der Waals surface area contributed by atoms with Crippen molar-refractivity contribution in [3.63, 3.8) is 0 Å². The van der Waals surface area contributed by atoms with Crippen LogP contribution >= 0.6 is 0 Å². The molecule has 0 fully saturated rings. The number of hydrogen-bond donors (Lipinski definition) is 2. The number of nitrogens with one attached hydrogen (secondary N) is 1. The van der Waals surface area contributed by atoms with Crippen molar-refractivity contribution < 1.29 is 22.7 Å². The lowest BCUT2D eigenvalue weighted by Crippen LogP contribution is -2.37. The molecule has 1 aliphatic rings. The van der Waals surface area contributed by atoms with Crippen molar-refractivity contribution in [3.05, 3.63) is 95.8 Å². The van der Waals surface area contributed by atoms with Gasteiger partial charge in [0, 0.05) is 23.8 Å². The molecule has 0 bridgehead atoms. The first-order chi connectivity index (χ1) is 17.1. The number of nitrogen functional groups attached to an aromatic ring is 1. The van der Waals surface area contributed by atoms with Gasteiger partial charge < -0.3 is 15.8 Å². The second kappa shape index (κ2) is 10.2. The summed E-state index contributed by atoms with van der Waals surface area (Å²) in [5.74, 6) is 0.156. The van der Waals surface area contributed by atoms with Crippen LogP contribution in [0.1, 0.15) is 24.6 Å². The highest BCUT2D eigenvalue weighted by Crippen LogP contribution is 2.48. The van der Waals surface area contributed by atoms with E-state index in [-0.39, 0.29) is 5.57 Å². The van der Waals surface area contributed by atoms with Gasteiger partial charge in [-0.25, -0.2) is 9.97 Å². The molecule has 3 aromatic rings. The second-order valence-electron chi connectivity index (χ2n) is 8.68. The van der Waals surface area contributed by atoms with Gasteiger partial charge in [0.25, 0.3) is 5.91 Å². The van der Waals surface area contributed by atoms with E-state index in [0.29, 0.717) is 41.5 Å². The molecule has 1 aliphatic carbocycles. The van der Waals surface area contributed by atoms with Crippen molar-refractivity contribution in [2.45, 2.75) is 25.9 Å². The molecule has 36 heavy (non-hydrogen) atoms. The average Bonchev–Trinajstić information content (AvgIpc) is 2.85. The third kappa shape index (κ3) is 5.73. The summed E-state index contributed by atoms with van der Waals surface area (Å²) in [6, 6.07) is 17.4. The van der Waals surface area contributed by atoms with Gasteiger partial charge in [-0.3, -0.25) is 4.79 Å². The predicted molar refractivity (Wildman–Crippen MR) is 132 cm³/mol. The summed E-state index contributed by atoms with van der Waals surface area (Å²) in [7, 11) is 0. The van der Waals surface area contributed by atoms with E-state index < -0.39 is 23.9 Å². The Morgan fingerprint density at radius 1 is 1.11 bits per heavy atom. The molecule has 9 heteroatoms. The molecule has 0 radical (unpaired) electrons. The minimum atomic E-state index is -4.50. The highest BCUT2D eigenvalue weighted by molar-refractivity contribution is 6.10. The van der Waals surface area contributed by atoms with Crippen molar-refractivity contribution in [2.24, 2.45) is 5.41 Å². The minimum Gasteiger partial charge on any atom is -0.477 e. The number of allylic oxidation sites excluding steroid dienone is 3.